The van der Waals surface area contributed by atoms with E-state index in [1.807, 2.05) is 24.4 Å². The number of fused-ring (bicyclic) bond motifs is 6. The fraction of sp³-hybridized carbons (Fsp3) is 0.190. The Balaban J connectivity index is 1.45. The lowest BCUT2D eigenvalue weighted by Crippen LogP contribution is -2.10. The molecule has 4 nitrogen and oxygen atoms in total. The van der Waals surface area contributed by atoms with E-state index in [1.165, 1.54) is 26.6 Å². The van der Waals surface area contributed by atoms with Gasteiger partial charge in [-0.3, -0.25) is 4.57 Å². The number of nitrogens with zero attached hydrogens (tertiary/aromatic N) is 3. The summed E-state index contributed by atoms with van der Waals surface area (Å²) in [7, 11) is 0. The molecule has 8 aromatic rings. The molecule has 0 fully saturated rings. The van der Waals surface area contributed by atoms with Crippen LogP contribution in [0.15, 0.2) is 109 Å². The van der Waals surface area contributed by atoms with Crippen LogP contribution in [0.1, 0.15) is 45.7 Å². The van der Waals surface area contributed by atoms with Gasteiger partial charge in [0.15, 0.2) is 0 Å². The van der Waals surface area contributed by atoms with Crippen molar-refractivity contribution in [2.45, 2.75) is 46.5 Å². The number of para-hydroxylation sites is 1. The van der Waals surface area contributed by atoms with Crippen LogP contribution in [-0.4, -0.2) is 19.6 Å². The van der Waals surface area contributed by atoms with Crippen LogP contribution in [0.25, 0.3) is 70.3 Å². The van der Waals surface area contributed by atoms with E-state index in [0.717, 1.165) is 61.3 Å². The van der Waals surface area contributed by atoms with Crippen molar-refractivity contribution in [2.24, 2.45) is 5.92 Å². The highest BCUT2D eigenvalue weighted by molar-refractivity contribution is 7.26. The quantitative estimate of drug-likeness (QED) is 0.206. The first-order chi connectivity index (χ1) is 22.7. The summed E-state index contributed by atoms with van der Waals surface area (Å²) < 4.78 is 4.60. The summed E-state index contributed by atoms with van der Waals surface area (Å²) in [5.41, 5.74) is 8.18. The molecule has 0 aliphatic carbocycles. The number of pyridine rings is 2. The molecule has 0 aliphatic rings. The van der Waals surface area contributed by atoms with Gasteiger partial charge in [0.25, 0.3) is 0 Å². The Morgan fingerprint density at radius 2 is 1.51 bits per heavy atom. The van der Waals surface area contributed by atoms with E-state index < -0.39 is 0 Å². The number of aromatic nitrogens is 3. The van der Waals surface area contributed by atoms with Gasteiger partial charge >= 0.3 is 0 Å². The van der Waals surface area contributed by atoms with Crippen LogP contribution >= 0.6 is 11.3 Å². The second-order valence-electron chi connectivity index (χ2n) is 14.0. The summed E-state index contributed by atoms with van der Waals surface area (Å²) in [6.45, 7) is 11.1. The summed E-state index contributed by atoms with van der Waals surface area (Å²) in [6.07, 6.45) is 2.78. The number of rotatable bonds is 5. The maximum atomic E-state index is 11.2. The van der Waals surface area contributed by atoms with Gasteiger partial charge in [-0.15, -0.1) is 11.3 Å². The van der Waals surface area contributed by atoms with Gasteiger partial charge in [-0.2, -0.15) is 0 Å². The summed E-state index contributed by atoms with van der Waals surface area (Å²) in [5.74, 6) is 1.60. The molecule has 0 spiro atoms. The number of phenols is 1. The Bertz CT molecular complexity index is 2420. The Morgan fingerprint density at radius 3 is 2.32 bits per heavy atom. The predicted molar refractivity (Wildman–Crippen MR) is 199 cm³/mol. The number of phenolic OH excluding ortho intramolecular Hbond substituents is 1. The predicted octanol–water partition coefficient (Wildman–Crippen LogP) is 11.5. The first kappa shape index (κ1) is 29.4. The number of hydrogen-bond acceptors (Lipinski definition) is 4. The molecule has 5 heteroatoms. The lowest BCUT2D eigenvalue weighted by molar-refractivity contribution is 0.476. The zero-order valence-corrected chi connectivity index (χ0v) is 28.2. The lowest BCUT2D eigenvalue weighted by atomic mass is 9.84. The molecule has 0 unspecified atom stereocenters. The van der Waals surface area contributed by atoms with Crippen molar-refractivity contribution in [2.75, 3.05) is 0 Å². The Kier molecular flexibility index (Phi) is 6.92. The molecule has 232 valence electrons. The van der Waals surface area contributed by atoms with Crippen LogP contribution in [0.3, 0.4) is 0 Å². The van der Waals surface area contributed by atoms with Crippen LogP contribution in [-0.2, 0) is 11.8 Å². The van der Waals surface area contributed by atoms with Crippen molar-refractivity contribution < 1.29 is 5.11 Å². The molecule has 0 atom stereocenters. The third-order valence-electron chi connectivity index (χ3n) is 9.10. The molecule has 0 saturated heterocycles. The van der Waals surface area contributed by atoms with E-state index in [-0.39, 0.29) is 11.2 Å². The first-order valence-corrected chi connectivity index (χ1v) is 17.1. The van der Waals surface area contributed by atoms with E-state index in [2.05, 4.69) is 124 Å². The molecule has 1 N–H and O–H groups in total. The molecule has 4 heterocycles. The fourth-order valence-electron chi connectivity index (χ4n) is 6.86. The number of aromatic hydroxyl groups is 1. The summed E-state index contributed by atoms with van der Waals surface area (Å²) in [4.78, 5) is 10.4. The van der Waals surface area contributed by atoms with Gasteiger partial charge in [0.05, 0.1) is 15.9 Å². The smallest absolute Gasteiger partial charge is 0.146 e. The van der Waals surface area contributed by atoms with E-state index in [1.54, 1.807) is 11.3 Å². The van der Waals surface area contributed by atoms with Crippen molar-refractivity contribution >= 4 is 53.4 Å². The van der Waals surface area contributed by atoms with Gasteiger partial charge in [0.1, 0.15) is 17.2 Å². The largest absolute Gasteiger partial charge is 0.507 e. The highest BCUT2D eigenvalue weighted by Gasteiger charge is 2.21. The summed E-state index contributed by atoms with van der Waals surface area (Å²) in [5, 5.41) is 15.9. The second kappa shape index (κ2) is 11.1. The third kappa shape index (κ3) is 5.06. The molecule has 47 heavy (non-hydrogen) atoms. The average molecular weight is 632 g/mol. The first-order valence-electron chi connectivity index (χ1n) is 16.3. The summed E-state index contributed by atoms with van der Waals surface area (Å²) in [6, 6.07) is 36.2. The Morgan fingerprint density at radius 1 is 0.766 bits per heavy atom. The van der Waals surface area contributed by atoms with E-state index in [4.69, 9.17) is 9.97 Å². The SMILES string of the molecule is CC(C)Cc1cc(-c2cc(C(C)(C)C)ccc2O)cc(-c2nc(-n3c4ccccc4c4cccnc43)cc3c2sc2ccccc23)c1. The molecule has 8 rings (SSSR count). The topological polar surface area (TPSA) is 50.9 Å². The zero-order chi connectivity index (χ0) is 32.4. The van der Waals surface area contributed by atoms with Gasteiger partial charge in [0, 0.05) is 43.6 Å². The van der Waals surface area contributed by atoms with Crippen molar-refractivity contribution in [1.29, 1.82) is 0 Å². The standard InChI is InChI=1S/C42H37N3OS/c1-25(2)19-26-20-27(33-23-29(42(3,4)5)16-17-36(33)46)22-28(21-26)39-40-34(31-12-7-9-15-37(31)47-40)24-38(44-39)45-35-14-8-6-11-30(35)32-13-10-18-43-41(32)45/h6-18,20-25,46H,19H2,1-5H3. The van der Waals surface area contributed by atoms with Crippen LogP contribution in [0.4, 0.5) is 0 Å². The Hall–Kier alpha value is -5.00. The van der Waals surface area contributed by atoms with Crippen LogP contribution in [0, 0.1) is 5.92 Å². The minimum absolute atomic E-state index is 0.0453. The van der Waals surface area contributed by atoms with Gasteiger partial charge < -0.3 is 5.11 Å². The van der Waals surface area contributed by atoms with Crippen LogP contribution < -0.4 is 0 Å². The monoisotopic (exact) mass is 631 g/mol. The van der Waals surface area contributed by atoms with Crippen molar-refractivity contribution in [3.05, 3.63) is 120 Å². The Labute approximate surface area is 279 Å². The second-order valence-corrected chi connectivity index (χ2v) is 15.1. The molecule has 0 saturated carbocycles. The molecule has 0 radical (unpaired) electrons. The highest BCUT2D eigenvalue weighted by atomic mass is 32.1. The lowest BCUT2D eigenvalue weighted by Gasteiger charge is -2.21. The minimum Gasteiger partial charge on any atom is -0.507 e. The number of hydrogen-bond donors (Lipinski definition) is 1. The van der Waals surface area contributed by atoms with Crippen LogP contribution in [0.5, 0.6) is 5.75 Å². The van der Waals surface area contributed by atoms with Gasteiger partial charge in [-0.05, 0) is 89.0 Å². The third-order valence-corrected chi connectivity index (χ3v) is 10.3. The van der Waals surface area contributed by atoms with Crippen molar-refractivity contribution in [3.63, 3.8) is 0 Å². The zero-order valence-electron chi connectivity index (χ0n) is 27.4. The molecule has 0 amide bonds. The van der Waals surface area contributed by atoms with E-state index >= 15 is 0 Å². The molecule has 0 bridgehead atoms. The molecular formula is C42H37N3OS. The highest BCUT2D eigenvalue weighted by Crippen LogP contribution is 2.43. The summed E-state index contributed by atoms with van der Waals surface area (Å²) >= 11 is 1.79. The average Bonchev–Trinajstić information content (AvgIpc) is 3.59. The van der Waals surface area contributed by atoms with Gasteiger partial charge in [-0.25, -0.2) is 9.97 Å². The van der Waals surface area contributed by atoms with E-state index in [0.29, 0.717) is 5.92 Å². The van der Waals surface area contributed by atoms with Crippen molar-refractivity contribution in [3.8, 4) is 34.0 Å². The van der Waals surface area contributed by atoms with Crippen LogP contribution in [0.2, 0.25) is 0 Å². The van der Waals surface area contributed by atoms with Gasteiger partial charge in [-0.1, -0.05) is 83.1 Å². The molecular weight excluding hydrogens is 595 g/mol. The minimum atomic E-state index is -0.0453. The molecule has 4 aromatic heterocycles. The van der Waals surface area contributed by atoms with E-state index in [9.17, 15) is 5.11 Å². The van der Waals surface area contributed by atoms with Crippen molar-refractivity contribution in [1.82, 2.24) is 14.5 Å². The maximum absolute atomic E-state index is 11.2. The number of thiophene rings is 1. The normalized spacial score (nSPS) is 12.3. The molecule has 0 aliphatic heterocycles. The fourth-order valence-corrected chi connectivity index (χ4v) is 8.05. The number of benzene rings is 4. The van der Waals surface area contributed by atoms with Gasteiger partial charge in [0.2, 0.25) is 0 Å². The maximum Gasteiger partial charge on any atom is 0.146 e. The molecule has 4 aromatic carbocycles.